The van der Waals surface area contributed by atoms with E-state index in [0.717, 1.165) is 23.2 Å². The maximum Gasteiger partial charge on any atom is 0.122 e. The van der Waals surface area contributed by atoms with Gasteiger partial charge < -0.3 is 10.1 Å². The molecule has 0 aliphatic carbocycles. The van der Waals surface area contributed by atoms with Crippen molar-refractivity contribution in [2.75, 3.05) is 13.7 Å². The largest absolute Gasteiger partial charge is 0.496 e. The third kappa shape index (κ3) is 2.84. The smallest absolute Gasteiger partial charge is 0.122 e. The number of nitrogens with one attached hydrogen (secondary N) is 1. The standard InChI is InChI=1S/C17H20BrNO/c1-20-17-8-5-12-10-13(18)6-7-15(12)16(17)11-14-4-2-3-9-19-14/h5-8,10,14,19H,2-4,9,11H2,1H3. The lowest BCUT2D eigenvalue weighted by Crippen LogP contribution is -2.35. The number of rotatable bonds is 3. The summed E-state index contributed by atoms with van der Waals surface area (Å²) in [6, 6.07) is 11.3. The molecular weight excluding hydrogens is 314 g/mol. The summed E-state index contributed by atoms with van der Waals surface area (Å²) in [5, 5.41) is 6.21. The number of hydrogen-bond acceptors (Lipinski definition) is 2. The quantitative estimate of drug-likeness (QED) is 0.904. The highest BCUT2D eigenvalue weighted by Gasteiger charge is 2.17. The van der Waals surface area contributed by atoms with Crippen LogP contribution in [0.5, 0.6) is 5.75 Å². The summed E-state index contributed by atoms with van der Waals surface area (Å²) in [6.07, 6.45) is 4.94. The molecule has 0 spiro atoms. The Kier molecular flexibility index (Phi) is 4.27. The molecule has 1 heterocycles. The van der Waals surface area contributed by atoms with Crippen molar-refractivity contribution in [1.29, 1.82) is 0 Å². The molecule has 1 aliphatic heterocycles. The van der Waals surface area contributed by atoms with Crippen LogP contribution in [-0.4, -0.2) is 19.7 Å². The van der Waals surface area contributed by atoms with E-state index in [2.05, 4.69) is 51.6 Å². The van der Waals surface area contributed by atoms with Crippen molar-refractivity contribution in [3.8, 4) is 5.75 Å². The lowest BCUT2D eigenvalue weighted by atomic mass is 9.93. The molecule has 2 aromatic rings. The summed E-state index contributed by atoms with van der Waals surface area (Å²) >= 11 is 3.55. The number of methoxy groups -OCH3 is 1. The van der Waals surface area contributed by atoms with E-state index in [9.17, 15) is 0 Å². The van der Waals surface area contributed by atoms with Crippen LogP contribution in [0, 0.1) is 0 Å². The van der Waals surface area contributed by atoms with Gasteiger partial charge in [-0.3, -0.25) is 0 Å². The Hall–Kier alpha value is -1.06. The molecule has 1 aliphatic rings. The highest BCUT2D eigenvalue weighted by Crippen LogP contribution is 2.31. The first kappa shape index (κ1) is 13.9. The minimum Gasteiger partial charge on any atom is -0.496 e. The molecule has 20 heavy (non-hydrogen) atoms. The Bertz CT molecular complexity index is 605. The zero-order valence-corrected chi connectivity index (χ0v) is 13.4. The topological polar surface area (TPSA) is 21.3 Å². The van der Waals surface area contributed by atoms with E-state index in [1.807, 2.05) is 0 Å². The minimum atomic E-state index is 0.576. The predicted octanol–water partition coefficient (Wildman–Crippen LogP) is 4.30. The Morgan fingerprint density at radius 1 is 1.25 bits per heavy atom. The molecule has 2 nitrogen and oxygen atoms in total. The van der Waals surface area contributed by atoms with E-state index in [-0.39, 0.29) is 0 Å². The van der Waals surface area contributed by atoms with Gasteiger partial charge in [-0.15, -0.1) is 0 Å². The van der Waals surface area contributed by atoms with Crippen LogP contribution in [0.2, 0.25) is 0 Å². The first-order valence-electron chi connectivity index (χ1n) is 7.26. The Morgan fingerprint density at radius 2 is 2.15 bits per heavy atom. The number of benzene rings is 2. The summed E-state index contributed by atoms with van der Waals surface area (Å²) in [6.45, 7) is 1.14. The van der Waals surface area contributed by atoms with Crippen LogP contribution in [0.3, 0.4) is 0 Å². The SMILES string of the molecule is COc1ccc2cc(Br)ccc2c1CC1CCCCN1. The van der Waals surface area contributed by atoms with Crippen LogP contribution in [0.1, 0.15) is 24.8 Å². The van der Waals surface area contributed by atoms with Crippen molar-refractivity contribution >= 4 is 26.7 Å². The summed E-state index contributed by atoms with van der Waals surface area (Å²) in [4.78, 5) is 0. The number of fused-ring (bicyclic) bond motifs is 1. The van der Waals surface area contributed by atoms with Gasteiger partial charge in [0, 0.05) is 16.1 Å². The van der Waals surface area contributed by atoms with Crippen LogP contribution < -0.4 is 10.1 Å². The summed E-state index contributed by atoms with van der Waals surface area (Å²) < 4.78 is 6.71. The summed E-state index contributed by atoms with van der Waals surface area (Å²) in [7, 11) is 1.76. The van der Waals surface area contributed by atoms with Gasteiger partial charge in [-0.05, 0) is 54.8 Å². The normalized spacial score (nSPS) is 19.2. The second-order valence-electron chi connectivity index (χ2n) is 5.46. The molecule has 0 aromatic heterocycles. The van der Waals surface area contributed by atoms with E-state index in [1.54, 1.807) is 7.11 Å². The lowest BCUT2D eigenvalue weighted by Gasteiger charge is -2.25. The number of hydrogen-bond donors (Lipinski definition) is 1. The second kappa shape index (κ2) is 6.15. The molecule has 1 atom stereocenters. The maximum atomic E-state index is 5.59. The van der Waals surface area contributed by atoms with E-state index in [4.69, 9.17) is 4.74 Å². The van der Waals surface area contributed by atoms with Crippen molar-refractivity contribution in [2.45, 2.75) is 31.7 Å². The number of ether oxygens (including phenoxy) is 1. The lowest BCUT2D eigenvalue weighted by molar-refractivity contribution is 0.383. The highest BCUT2D eigenvalue weighted by atomic mass is 79.9. The van der Waals surface area contributed by atoms with Gasteiger partial charge in [0.25, 0.3) is 0 Å². The van der Waals surface area contributed by atoms with Gasteiger partial charge in [0.05, 0.1) is 7.11 Å². The fraction of sp³-hybridized carbons (Fsp3) is 0.412. The van der Waals surface area contributed by atoms with Gasteiger partial charge >= 0.3 is 0 Å². The van der Waals surface area contributed by atoms with Crippen molar-refractivity contribution < 1.29 is 4.74 Å². The van der Waals surface area contributed by atoms with Gasteiger partial charge in [-0.1, -0.05) is 34.5 Å². The van der Waals surface area contributed by atoms with Crippen LogP contribution in [0.15, 0.2) is 34.8 Å². The van der Waals surface area contributed by atoms with Gasteiger partial charge in [-0.2, -0.15) is 0 Å². The van der Waals surface area contributed by atoms with Crippen molar-refractivity contribution in [3.63, 3.8) is 0 Å². The first-order chi connectivity index (χ1) is 9.78. The van der Waals surface area contributed by atoms with Crippen molar-refractivity contribution in [3.05, 3.63) is 40.4 Å². The Labute approximate surface area is 128 Å². The van der Waals surface area contributed by atoms with Crippen LogP contribution in [0.25, 0.3) is 10.8 Å². The first-order valence-corrected chi connectivity index (χ1v) is 8.06. The zero-order chi connectivity index (χ0) is 13.9. The van der Waals surface area contributed by atoms with Crippen molar-refractivity contribution in [2.24, 2.45) is 0 Å². The van der Waals surface area contributed by atoms with E-state index < -0.39 is 0 Å². The minimum absolute atomic E-state index is 0.576. The molecular formula is C17H20BrNO. The maximum absolute atomic E-state index is 5.59. The molecule has 106 valence electrons. The van der Waals surface area contributed by atoms with Crippen LogP contribution in [0.4, 0.5) is 0 Å². The fourth-order valence-electron chi connectivity index (χ4n) is 3.09. The molecule has 3 heteroatoms. The summed E-state index contributed by atoms with van der Waals surface area (Å²) in [5.41, 5.74) is 1.33. The molecule has 1 saturated heterocycles. The van der Waals surface area contributed by atoms with Gasteiger partial charge in [0.1, 0.15) is 5.75 Å². The third-order valence-corrected chi connectivity index (χ3v) is 4.63. The zero-order valence-electron chi connectivity index (χ0n) is 11.8. The molecule has 1 N–H and O–H groups in total. The van der Waals surface area contributed by atoms with Gasteiger partial charge in [0.15, 0.2) is 0 Å². The molecule has 1 unspecified atom stereocenters. The van der Waals surface area contributed by atoms with Crippen molar-refractivity contribution in [1.82, 2.24) is 5.32 Å². The van der Waals surface area contributed by atoms with Crippen LogP contribution in [-0.2, 0) is 6.42 Å². The monoisotopic (exact) mass is 333 g/mol. The van der Waals surface area contributed by atoms with Crippen LogP contribution >= 0.6 is 15.9 Å². The highest BCUT2D eigenvalue weighted by molar-refractivity contribution is 9.10. The van der Waals surface area contributed by atoms with Gasteiger partial charge in [0.2, 0.25) is 0 Å². The molecule has 0 amide bonds. The molecule has 0 radical (unpaired) electrons. The molecule has 3 rings (SSSR count). The predicted molar refractivity (Wildman–Crippen MR) is 87.5 cm³/mol. The molecule has 0 bridgehead atoms. The molecule has 0 saturated carbocycles. The number of halogens is 1. The fourth-order valence-corrected chi connectivity index (χ4v) is 3.47. The average molecular weight is 334 g/mol. The van der Waals surface area contributed by atoms with E-state index >= 15 is 0 Å². The van der Waals surface area contributed by atoms with E-state index in [1.165, 1.54) is 35.6 Å². The Balaban J connectivity index is 2.01. The molecule has 1 fully saturated rings. The Morgan fingerprint density at radius 3 is 2.90 bits per heavy atom. The summed E-state index contributed by atoms with van der Waals surface area (Å²) in [5.74, 6) is 1.01. The number of piperidine rings is 1. The molecule has 2 aromatic carbocycles. The average Bonchev–Trinajstić information content (AvgIpc) is 2.48. The van der Waals surface area contributed by atoms with E-state index in [0.29, 0.717) is 6.04 Å². The van der Waals surface area contributed by atoms with Gasteiger partial charge in [-0.25, -0.2) is 0 Å². The second-order valence-corrected chi connectivity index (χ2v) is 6.38. The third-order valence-electron chi connectivity index (χ3n) is 4.13.